The smallest absolute Gasteiger partial charge is 0.166 e. The molecular weight excluding hydrogens is 201 g/mol. The Morgan fingerprint density at radius 1 is 1.31 bits per heavy atom. The lowest BCUT2D eigenvalue weighted by Crippen LogP contribution is -2.04. The van der Waals surface area contributed by atoms with Gasteiger partial charge in [-0.3, -0.25) is 0 Å². The van der Waals surface area contributed by atoms with E-state index in [9.17, 15) is 13.2 Å². The van der Waals surface area contributed by atoms with Crippen molar-refractivity contribution >= 4 is 17.7 Å². The maximum absolute atomic E-state index is 12.2. The molecule has 0 radical (unpaired) electrons. The minimum Gasteiger partial charge on any atom is -0.166 e. The molecule has 0 aliphatic carbocycles. The van der Waals surface area contributed by atoms with Gasteiger partial charge in [-0.15, -0.1) is 0 Å². The van der Waals surface area contributed by atoms with E-state index >= 15 is 0 Å². The topological polar surface area (TPSA) is 0 Å². The van der Waals surface area contributed by atoms with Crippen LogP contribution in [0.1, 0.15) is 11.1 Å². The van der Waals surface area contributed by atoms with Crippen molar-refractivity contribution in [2.75, 3.05) is 0 Å². The van der Waals surface area contributed by atoms with Gasteiger partial charge >= 0.3 is 6.18 Å². The Bertz CT molecular complexity index is 328. The fourth-order valence-electron chi connectivity index (χ4n) is 0.877. The van der Waals surface area contributed by atoms with Gasteiger partial charge in [0.1, 0.15) is 0 Å². The van der Waals surface area contributed by atoms with Crippen molar-refractivity contribution in [3.63, 3.8) is 0 Å². The zero-order chi connectivity index (χ0) is 10.1. The highest BCUT2D eigenvalue weighted by Gasteiger charge is 2.30. The number of benzene rings is 1. The molecule has 0 spiro atoms. The lowest BCUT2D eigenvalue weighted by atomic mass is 10.1. The Labute approximate surface area is 78.6 Å². The van der Waals surface area contributed by atoms with Crippen molar-refractivity contribution in [1.29, 1.82) is 0 Å². The highest BCUT2D eigenvalue weighted by Crippen LogP contribution is 2.31. The molecule has 0 nitrogen and oxygen atoms in total. The first-order valence-electron chi connectivity index (χ1n) is 3.44. The molecule has 0 saturated carbocycles. The molecule has 1 aromatic rings. The summed E-state index contributed by atoms with van der Waals surface area (Å²) in [7, 11) is 0. The summed E-state index contributed by atoms with van der Waals surface area (Å²) in [5.74, 6) is 0. The number of alkyl halides is 3. The Morgan fingerprint density at radius 2 is 1.92 bits per heavy atom. The van der Waals surface area contributed by atoms with Crippen molar-refractivity contribution in [2.24, 2.45) is 0 Å². The Hall–Kier alpha value is -0.960. The molecule has 0 saturated heterocycles. The largest absolute Gasteiger partial charge is 0.416 e. The molecule has 4 heteroatoms. The molecular formula is C9H6ClF3. The van der Waals surface area contributed by atoms with Gasteiger partial charge in [0.05, 0.1) is 5.56 Å². The fraction of sp³-hybridized carbons (Fsp3) is 0.111. The highest BCUT2D eigenvalue weighted by molar-refractivity contribution is 6.32. The molecule has 0 heterocycles. The number of halogens is 4. The molecule has 70 valence electrons. The molecule has 0 N–H and O–H groups in total. The minimum atomic E-state index is -4.33. The Kier molecular flexibility index (Phi) is 2.66. The molecule has 0 unspecified atom stereocenters. The van der Waals surface area contributed by atoms with E-state index in [1.807, 2.05) is 0 Å². The summed E-state index contributed by atoms with van der Waals surface area (Å²) in [6.45, 7) is 3.36. The van der Waals surface area contributed by atoms with Gasteiger partial charge in [-0.05, 0) is 23.8 Å². The average molecular weight is 207 g/mol. The third-order valence-corrected chi connectivity index (χ3v) is 1.89. The van der Waals surface area contributed by atoms with Crippen LogP contribution in [0, 0.1) is 0 Å². The normalized spacial score (nSPS) is 11.4. The van der Waals surface area contributed by atoms with Gasteiger partial charge in [-0.1, -0.05) is 24.3 Å². The minimum absolute atomic E-state index is 0.267. The van der Waals surface area contributed by atoms with Crippen molar-refractivity contribution < 1.29 is 13.2 Å². The summed E-state index contributed by atoms with van der Waals surface area (Å²) >= 11 is 5.61. The third kappa shape index (κ3) is 2.25. The van der Waals surface area contributed by atoms with E-state index in [0.29, 0.717) is 0 Å². The van der Waals surface area contributed by atoms with Crippen LogP contribution in [0.4, 0.5) is 13.2 Å². The second-order valence-electron chi connectivity index (χ2n) is 2.44. The summed E-state index contributed by atoms with van der Waals surface area (Å²) in [5, 5.41) is 0.267. The molecule has 0 bridgehead atoms. The van der Waals surface area contributed by atoms with E-state index in [2.05, 4.69) is 6.58 Å². The highest BCUT2D eigenvalue weighted by atomic mass is 35.5. The van der Waals surface area contributed by atoms with Crippen LogP contribution in [0.3, 0.4) is 0 Å². The summed E-state index contributed by atoms with van der Waals surface area (Å²) in [6.07, 6.45) is -3.04. The SMILES string of the molecule is C=Cc1cc(C(F)(F)F)ccc1Cl. The van der Waals surface area contributed by atoms with Gasteiger partial charge in [-0.25, -0.2) is 0 Å². The summed E-state index contributed by atoms with van der Waals surface area (Å²) in [4.78, 5) is 0. The zero-order valence-electron chi connectivity index (χ0n) is 6.53. The Morgan fingerprint density at radius 3 is 2.38 bits per heavy atom. The van der Waals surface area contributed by atoms with Crippen LogP contribution in [0.5, 0.6) is 0 Å². The van der Waals surface area contributed by atoms with Crippen LogP contribution >= 0.6 is 11.6 Å². The summed E-state index contributed by atoms with van der Waals surface area (Å²) in [5.41, 5.74) is -0.428. The van der Waals surface area contributed by atoms with E-state index in [1.165, 1.54) is 12.1 Å². The van der Waals surface area contributed by atoms with Crippen molar-refractivity contribution in [3.8, 4) is 0 Å². The maximum atomic E-state index is 12.2. The first-order chi connectivity index (χ1) is 5.95. The van der Waals surface area contributed by atoms with Crippen molar-refractivity contribution in [1.82, 2.24) is 0 Å². The molecule has 0 atom stereocenters. The molecule has 13 heavy (non-hydrogen) atoms. The van der Waals surface area contributed by atoms with Crippen LogP contribution in [-0.4, -0.2) is 0 Å². The number of hydrogen-bond acceptors (Lipinski definition) is 0. The second-order valence-corrected chi connectivity index (χ2v) is 2.85. The van der Waals surface area contributed by atoms with Gasteiger partial charge in [0, 0.05) is 5.02 Å². The van der Waals surface area contributed by atoms with Crippen LogP contribution in [-0.2, 0) is 6.18 Å². The van der Waals surface area contributed by atoms with Crippen LogP contribution in [0.15, 0.2) is 24.8 Å². The number of rotatable bonds is 1. The van der Waals surface area contributed by atoms with Gasteiger partial charge < -0.3 is 0 Å². The van der Waals surface area contributed by atoms with Crippen LogP contribution in [0.2, 0.25) is 5.02 Å². The lowest BCUT2D eigenvalue weighted by Gasteiger charge is -2.07. The predicted molar refractivity (Wildman–Crippen MR) is 46.5 cm³/mol. The molecule has 1 rings (SSSR count). The first-order valence-corrected chi connectivity index (χ1v) is 3.82. The molecule has 0 aliphatic heterocycles. The van der Waals surface area contributed by atoms with E-state index in [1.54, 1.807) is 0 Å². The van der Waals surface area contributed by atoms with Crippen molar-refractivity contribution in [3.05, 3.63) is 40.9 Å². The standard InChI is InChI=1S/C9H6ClF3/c1-2-6-5-7(9(11,12)13)3-4-8(6)10/h2-5H,1H2. The quantitative estimate of drug-likeness (QED) is 0.652. The molecule has 1 aromatic carbocycles. The first kappa shape index (κ1) is 10.1. The van der Waals surface area contributed by atoms with E-state index in [0.717, 1.165) is 12.1 Å². The summed E-state index contributed by atoms with van der Waals surface area (Å²) < 4.78 is 36.5. The van der Waals surface area contributed by atoms with E-state index < -0.39 is 11.7 Å². The fourth-order valence-corrected chi connectivity index (χ4v) is 1.07. The molecule has 0 aliphatic rings. The average Bonchev–Trinajstić information content (AvgIpc) is 2.03. The van der Waals surface area contributed by atoms with Gasteiger partial charge in [0.15, 0.2) is 0 Å². The second kappa shape index (κ2) is 3.42. The van der Waals surface area contributed by atoms with Crippen LogP contribution < -0.4 is 0 Å². The molecule has 0 aromatic heterocycles. The van der Waals surface area contributed by atoms with Crippen molar-refractivity contribution in [2.45, 2.75) is 6.18 Å². The van der Waals surface area contributed by atoms with E-state index in [4.69, 9.17) is 11.6 Å². The molecule has 0 amide bonds. The summed E-state index contributed by atoms with van der Waals surface area (Å²) in [6, 6.07) is 3.12. The number of hydrogen-bond donors (Lipinski definition) is 0. The predicted octanol–water partition coefficient (Wildman–Crippen LogP) is 4.00. The Balaban J connectivity index is 3.21. The lowest BCUT2D eigenvalue weighted by molar-refractivity contribution is -0.137. The van der Waals surface area contributed by atoms with Crippen LogP contribution in [0.25, 0.3) is 6.08 Å². The monoisotopic (exact) mass is 206 g/mol. The van der Waals surface area contributed by atoms with E-state index in [-0.39, 0.29) is 10.6 Å². The third-order valence-electron chi connectivity index (χ3n) is 1.54. The molecule has 0 fully saturated rings. The maximum Gasteiger partial charge on any atom is 0.416 e. The zero-order valence-corrected chi connectivity index (χ0v) is 7.28. The van der Waals surface area contributed by atoms with Gasteiger partial charge in [0.2, 0.25) is 0 Å². The van der Waals surface area contributed by atoms with Gasteiger partial charge in [-0.2, -0.15) is 13.2 Å². The van der Waals surface area contributed by atoms with Gasteiger partial charge in [0.25, 0.3) is 0 Å².